The summed E-state index contributed by atoms with van der Waals surface area (Å²) in [7, 11) is -0.574. The Morgan fingerprint density at radius 3 is 2.43 bits per heavy atom. The third kappa shape index (κ3) is 4.55. The fourth-order valence-electron chi connectivity index (χ4n) is 2.25. The first-order valence-corrected chi connectivity index (χ1v) is 10.6. The molecule has 9 nitrogen and oxygen atoms in total. The number of nitrogens with zero attached hydrogens (tertiary/aromatic N) is 5. The van der Waals surface area contributed by atoms with E-state index in [1.54, 1.807) is 16.8 Å². The number of carbonyl (C=O) groups is 1. The molecule has 0 aliphatic carbocycles. The Morgan fingerprint density at radius 1 is 1.11 bits per heavy atom. The largest absolute Gasteiger partial charge is 0.325 e. The van der Waals surface area contributed by atoms with Crippen LogP contribution >= 0.6 is 11.8 Å². The molecule has 146 valence electrons. The van der Waals surface area contributed by atoms with Gasteiger partial charge in [0, 0.05) is 19.8 Å². The summed E-state index contributed by atoms with van der Waals surface area (Å²) < 4.78 is 26.8. The lowest BCUT2D eigenvalue weighted by Gasteiger charge is -2.12. The monoisotopic (exact) mass is 418 g/mol. The van der Waals surface area contributed by atoms with Gasteiger partial charge in [0.2, 0.25) is 21.1 Å². The maximum absolute atomic E-state index is 12.2. The highest BCUT2D eigenvalue weighted by atomic mass is 32.2. The van der Waals surface area contributed by atoms with E-state index in [-0.39, 0.29) is 16.6 Å². The van der Waals surface area contributed by atoms with E-state index in [9.17, 15) is 13.2 Å². The zero-order valence-electron chi connectivity index (χ0n) is 15.2. The molecule has 0 bridgehead atoms. The second-order valence-corrected chi connectivity index (χ2v) is 8.95. The first-order valence-electron chi connectivity index (χ1n) is 8.17. The Hall–Kier alpha value is -2.76. The van der Waals surface area contributed by atoms with E-state index in [0.29, 0.717) is 10.8 Å². The van der Waals surface area contributed by atoms with Crippen molar-refractivity contribution in [3.05, 3.63) is 54.6 Å². The summed E-state index contributed by atoms with van der Waals surface area (Å²) in [6.45, 7) is 0. The molecule has 1 aromatic heterocycles. The maximum Gasteiger partial charge on any atom is 0.242 e. The van der Waals surface area contributed by atoms with Crippen LogP contribution in [-0.4, -0.2) is 58.7 Å². The van der Waals surface area contributed by atoms with Gasteiger partial charge < -0.3 is 5.32 Å². The van der Waals surface area contributed by atoms with E-state index in [1.807, 2.05) is 30.3 Å². The van der Waals surface area contributed by atoms with Crippen molar-refractivity contribution < 1.29 is 13.2 Å². The quantitative estimate of drug-likeness (QED) is 0.581. The molecule has 0 atom stereocenters. The fourth-order valence-corrected chi connectivity index (χ4v) is 3.84. The summed E-state index contributed by atoms with van der Waals surface area (Å²) in [6, 6.07) is 15.4. The van der Waals surface area contributed by atoms with Gasteiger partial charge in [-0.15, -0.1) is 5.10 Å². The fraction of sp³-hybridized carbons (Fsp3) is 0.176. The minimum Gasteiger partial charge on any atom is -0.325 e. The molecule has 0 spiro atoms. The topological polar surface area (TPSA) is 110 Å². The summed E-state index contributed by atoms with van der Waals surface area (Å²) in [4.78, 5) is 12.4. The molecule has 3 rings (SSSR count). The maximum atomic E-state index is 12.2. The molecule has 11 heteroatoms. The number of rotatable bonds is 7. The van der Waals surface area contributed by atoms with Crippen LogP contribution in [0.3, 0.4) is 0 Å². The molecule has 0 aliphatic rings. The lowest BCUT2D eigenvalue weighted by atomic mass is 10.3. The number of hydrogen-bond donors (Lipinski definition) is 1. The smallest absolute Gasteiger partial charge is 0.242 e. The van der Waals surface area contributed by atoms with Crippen LogP contribution in [0.25, 0.3) is 5.69 Å². The predicted molar refractivity (Wildman–Crippen MR) is 106 cm³/mol. The Bertz CT molecular complexity index is 1050. The van der Waals surface area contributed by atoms with Crippen molar-refractivity contribution in [2.24, 2.45) is 0 Å². The van der Waals surface area contributed by atoms with E-state index in [0.717, 1.165) is 9.99 Å². The summed E-state index contributed by atoms with van der Waals surface area (Å²) >= 11 is 1.20. The standard InChI is InChI=1S/C17H18N6O3S2/c1-22(2)28(25,26)15-10-8-13(9-11-15)18-16(24)12-27-17-19-20-21-23(17)14-6-4-3-5-7-14/h3-11H,12H2,1-2H3,(H,18,24). The number of thioether (sulfide) groups is 1. The number of nitrogens with one attached hydrogen (secondary N) is 1. The molecule has 0 aliphatic heterocycles. The van der Waals surface area contributed by atoms with Crippen LogP contribution in [0.15, 0.2) is 64.6 Å². The number of anilines is 1. The average molecular weight is 419 g/mol. The molecule has 0 fully saturated rings. The predicted octanol–water partition coefficient (Wildman–Crippen LogP) is 1.64. The summed E-state index contributed by atoms with van der Waals surface area (Å²) in [5.41, 5.74) is 1.30. The molecular weight excluding hydrogens is 400 g/mol. The second kappa shape index (κ2) is 8.50. The van der Waals surface area contributed by atoms with Gasteiger partial charge in [0.15, 0.2) is 0 Å². The van der Waals surface area contributed by atoms with Gasteiger partial charge in [-0.1, -0.05) is 30.0 Å². The van der Waals surface area contributed by atoms with Crippen molar-refractivity contribution in [1.82, 2.24) is 24.5 Å². The molecule has 2 aromatic carbocycles. The minimum atomic E-state index is -3.50. The summed E-state index contributed by atoms with van der Waals surface area (Å²) in [6.07, 6.45) is 0. The van der Waals surface area contributed by atoms with Gasteiger partial charge in [-0.3, -0.25) is 4.79 Å². The lowest BCUT2D eigenvalue weighted by Crippen LogP contribution is -2.22. The molecule has 28 heavy (non-hydrogen) atoms. The lowest BCUT2D eigenvalue weighted by molar-refractivity contribution is -0.113. The van der Waals surface area contributed by atoms with Crippen LogP contribution in [0.2, 0.25) is 0 Å². The van der Waals surface area contributed by atoms with Crippen LogP contribution in [0.1, 0.15) is 0 Å². The highest BCUT2D eigenvalue weighted by Crippen LogP contribution is 2.19. The van der Waals surface area contributed by atoms with Crippen LogP contribution in [0.4, 0.5) is 5.69 Å². The van der Waals surface area contributed by atoms with Crippen LogP contribution in [-0.2, 0) is 14.8 Å². The molecule has 1 N–H and O–H groups in total. The molecular formula is C17H18N6O3S2. The number of aromatic nitrogens is 4. The number of sulfonamides is 1. The molecule has 0 unspecified atom stereocenters. The molecule has 0 saturated carbocycles. The zero-order chi connectivity index (χ0) is 20.1. The Morgan fingerprint density at radius 2 is 1.79 bits per heavy atom. The highest BCUT2D eigenvalue weighted by molar-refractivity contribution is 7.99. The van der Waals surface area contributed by atoms with Crippen molar-refractivity contribution in [1.29, 1.82) is 0 Å². The van der Waals surface area contributed by atoms with Gasteiger partial charge in [0.1, 0.15) is 0 Å². The number of carbonyl (C=O) groups excluding carboxylic acids is 1. The number of tetrazole rings is 1. The van der Waals surface area contributed by atoms with Crippen molar-refractivity contribution in [3.8, 4) is 5.69 Å². The highest BCUT2D eigenvalue weighted by Gasteiger charge is 2.17. The van der Waals surface area contributed by atoms with E-state index in [2.05, 4.69) is 20.8 Å². The van der Waals surface area contributed by atoms with Crippen molar-refractivity contribution >= 4 is 33.4 Å². The molecule has 0 radical (unpaired) electrons. The molecule has 3 aromatic rings. The first-order chi connectivity index (χ1) is 13.4. The summed E-state index contributed by atoms with van der Waals surface area (Å²) in [5, 5.41) is 14.8. The van der Waals surface area contributed by atoms with Gasteiger partial charge in [-0.25, -0.2) is 12.7 Å². The first kappa shape index (κ1) is 20.0. The normalized spacial score (nSPS) is 11.5. The van der Waals surface area contributed by atoms with Gasteiger partial charge >= 0.3 is 0 Å². The van der Waals surface area contributed by atoms with Gasteiger partial charge in [-0.05, 0) is 46.8 Å². The molecule has 1 amide bonds. The minimum absolute atomic E-state index is 0.102. The SMILES string of the molecule is CN(C)S(=O)(=O)c1ccc(NC(=O)CSc2nnnn2-c2ccccc2)cc1. The van der Waals surface area contributed by atoms with E-state index in [1.165, 1.54) is 38.0 Å². The summed E-state index contributed by atoms with van der Waals surface area (Å²) in [5.74, 6) is -0.152. The number of para-hydroxylation sites is 1. The van der Waals surface area contributed by atoms with Crippen LogP contribution < -0.4 is 5.32 Å². The van der Waals surface area contributed by atoms with E-state index in [4.69, 9.17) is 0 Å². The third-order valence-corrected chi connectivity index (χ3v) is 6.44. The van der Waals surface area contributed by atoms with E-state index >= 15 is 0 Å². The Kier molecular flexibility index (Phi) is 6.07. The van der Waals surface area contributed by atoms with Crippen molar-refractivity contribution in [2.75, 3.05) is 25.2 Å². The number of hydrogen-bond acceptors (Lipinski definition) is 7. The van der Waals surface area contributed by atoms with Crippen LogP contribution in [0.5, 0.6) is 0 Å². The molecule has 0 saturated heterocycles. The second-order valence-electron chi connectivity index (χ2n) is 5.86. The van der Waals surface area contributed by atoms with Gasteiger partial charge in [-0.2, -0.15) is 4.68 Å². The van der Waals surface area contributed by atoms with E-state index < -0.39 is 10.0 Å². The molecule has 1 heterocycles. The Labute approximate surface area is 166 Å². The van der Waals surface area contributed by atoms with Crippen molar-refractivity contribution in [3.63, 3.8) is 0 Å². The number of benzene rings is 2. The average Bonchev–Trinajstić information content (AvgIpc) is 3.16. The van der Waals surface area contributed by atoms with Crippen LogP contribution in [0, 0.1) is 0 Å². The zero-order valence-corrected chi connectivity index (χ0v) is 16.8. The third-order valence-electron chi connectivity index (χ3n) is 3.69. The number of amides is 1. The Balaban J connectivity index is 1.61. The van der Waals surface area contributed by atoms with Gasteiger partial charge in [0.25, 0.3) is 0 Å². The van der Waals surface area contributed by atoms with Gasteiger partial charge in [0.05, 0.1) is 16.3 Å². The van der Waals surface area contributed by atoms with Crippen molar-refractivity contribution in [2.45, 2.75) is 10.1 Å².